The van der Waals surface area contributed by atoms with Gasteiger partial charge in [0.05, 0.1) is 12.5 Å². The Morgan fingerprint density at radius 2 is 2.00 bits per heavy atom. The monoisotopic (exact) mass is 380 g/mol. The van der Waals surface area contributed by atoms with Crippen LogP contribution < -0.4 is 10.6 Å². The highest BCUT2D eigenvalue weighted by Crippen LogP contribution is 2.17. The van der Waals surface area contributed by atoms with Crippen molar-refractivity contribution in [1.29, 1.82) is 0 Å². The Morgan fingerprint density at radius 3 is 2.65 bits per heavy atom. The van der Waals surface area contributed by atoms with Gasteiger partial charge in [0.1, 0.15) is 5.82 Å². The number of halogens is 2. The Labute approximate surface area is 156 Å². The Balaban J connectivity index is 1.80. The molecule has 7 heteroatoms. The molecule has 0 aromatic heterocycles. The Morgan fingerprint density at radius 1 is 1.23 bits per heavy atom. The largest absolute Gasteiger partial charge is 0.481 e. The van der Waals surface area contributed by atoms with Crippen LogP contribution >= 0.6 is 11.6 Å². The van der Waals surface area contributed by atoms with Gasteiger partial charge in [-0.3, -0.25) is 4.79 Å². The fourth-order valence-corrected chi connectivity index (χ4v) is 2.65. The zero-order chi connectivity index (χ0) is 19.1. The normalized spacial score (nSPS) is 13.2. The van der Waals surface area contributed by atoms with Crippen LogP contribution in [0, 0.1) is 5.82 Å². The zero-order valence-corrected chi connectivity index (χ0v) is 15.1. The van der Waals surface area contributed by atoms with E-state index in [4.69, 9.17) is 16.7 Å². The average molecular weight is 381 g/mol. The van der Waals surface area contributed by atoms with Gasteiger partial charge >= 0.3 is 5.97 Å². The number of benzene rings is 2. The lowest BCUT2D eigenvalue weighted by atomic mass is 10.1. The van der Waals surface area contributed by atoms with Gasteiger partial charge in [0.15, 0.2) is 0 Å². The standard InChI is InChI=1S/C19H22ClFN2O3/c1-12(22-11-18(24)14-3-2-4-15(20)7-14)10-23-16-6-5-13(8-19(25)26)17(21)9-16/h2-7,9,12,18,22-24H,8,10-11H2,1H3,(H,25,26)/t12-,18+/m1/s1. The molecule has 0 bridgehead atoms. The van der Waals surface area contributed by atoms with Crippen molar-refractivity contribution in [3.63, 3.8) is 0 Å². The van der Waals surface area contributed by atoms with Crippen molar-refractivity contribution in [2.75, 3.05) is 18.4 Å². The topological polar surface area (TPSA) is 81.6 Å². The molecule has 2 aromatic rings. The van der Waals surface area contributed by atoms with Crippen LogP contribution in [-0.4, -0.2) is 35.3 Å². The fourth-order valence-electron chi connectivity index (χ4n) is 2.45. The van der Waals surface area contributed by atoms with Gasteiger partial charge in [-0.05, 0) is 42.3 Å². The summed E-state index contributed by atoms with van der Waals surface area (Å²) in [5.74, 6) is -1.62. The van der Waals surface area contributed by atoms with Crippen LogP contribution in [0.25, 0.3) is 0 Å². The van der Waals surface area contributed by atoms with Crippen LogP contribution in [0.15, 0.2) is 42.5 Å². The van der Waals surface area contributed by atoms with Crippen LogP contribution in [0.5, 0.6) is 0 Å². The van der Waals surface area contributed by atoms with E-state index in [9.17, 15) is 14.3 Å². The highest BCUT2D eigenvalue weighted by atomic mass is 35.5. The molecule has 5 nitrogen and oxygen atoms in total. The molecule has 0 fully saturated rings. The number of aliphatic carboxylic acids is 1. The molecule has 2 atom stereocenters. The lowest BCUT2D eigenvalue weighted by Gasteiger charge is -2.19. The number of carboxylic acid groups (broad SMARTS) is 1. The summed E-state index contributed by atoms with van der Waals surface area (Å²) in [7, 11) is 0. The van der Waals surface area contributed by atoms with Crippen molar-refractivity contribution in [3.8, 4) is 0 Å². The molecule has 0 saturated heterocycles. The molecule has 2 aromatic carbocycles. The van der Waals surface area contributed by atoms with Gasteiger partial charge in [-0.2, -0.15) is 0 Å². The zero-order valence-electron chi connectivity index (χ0n) is 14.4. The van der Waals surface area contributed by atoms with E-state index in [0.717, 1.165) is 5.56 Å². The molecule has 0 saturated carbocycles. The Bertz CT molecular complexity index is 757. The highest BCUT2D eigenvalue weighted by Gasteiger charge is 2.11. The first kappa shape index (κ1) is 20.2. The molecule has 0 amide bonds. The first-order valence-electron chi connectivity index (χ1n) is 8.26. The van der Waals surface area contributed by atoms with Gasteiger partial charge in [-0.25, -0.2) is 4.39 Å². The maximum absolute atomic E-state index is 13.8. The van der Waals surface area contributed by atoms with Crippen molar-refractivity contribution < 1.29 is 19.4 Å². The molecule has 0 radical (unpaired) electrons. The average Bonchev–Trinajstić information content (AvgIpc) is 2.59. The number of carboxylic acids is 1. The van der Waals surface area contributed by atoms with Crippen LogP contribution in [0.2, 0.25) is 5.02 Å². The van der Waals surface area contributed by atoms with Crippen molar-refractivity contribution in [3.05, 3.63) is 64.4 Å². The third-order valence-electron chi connectivity index (χ3n) is 3.90. The van der Waals surface area contributed by atoms with Gasteiger partial charge in [-0.1, -0.05) is 29.8 Å². The molecular weight excluding hydrogens is 359 g/mol. The molecule has 2 rings (SSSR count). The van der Waals surface area contributed by atoms with Gasteiger partial charge in [0.25, 0.3) is 0 Å². The van der Waals surface area contributed by atoms with Gasteiger partial charge < -0.3 is 20.8 Å². The molecule has 0 spiro atoms. The lowest BCUT2D eigenvalue weighted by molar-refractivity contribution is -0.136. The molecule has 0 aliphatic rings. The highest BCUT2D eigenvalue weighted by molar-refractivity contribution is 6.30. The summed E-state index contributed by atoms with van der Waals surface area (Å²) in [6.07, 6.45) is -1.02. The molecule has 140 valence electrons. The summed E-state index contributed by atoms with van der Waals surface area (Å²) in [5.41, 5.74) is 1.46. The predicted molar refractivity (Wildman–Crippen MR) is 100 cm³/mol. The number of hydrogen-bond donors (Lipinski definition) is 4. The summed E-state index contributed by atoms with van der Waals surface area (Å²) < 4.78 is 13.8. The van der Waals surface area contributed by atoms with E-state index in [2.05, 4.69) is 10.6 Å². The smallest absolute Gasteiger partial charge is 0.307 e. The van der Waals surface area contributed by atoms with E-state index in [1.165, 1.54) is 12.1 Å². The summed E-state index contributed by atoms with van der Waals surface area (Å²) in [5, 5.41) is 25.8. The van der Waals surface area contributed by atoms with E-state index in [-0.39, 0.29) is 18.0 Å². The number of rotatable bonds is 9. The van der Waals surface area contributed by atoms with Crippen molar-refractivity contribution in [2.24, 2.45) is 0 Å². The van der Waals surface area contributed by atoms with Gasteiger partial charge in [-0.15, -0.1) is 0 Å². The first-order valence-corrected chi connectivity index (χ1v) is 8.64. The Kier molecular flexibility index (Phi) is 7.38. The van der Waals surface area contributed by atoms with Crippen molar-refractivity contribution in [1.82, 2.24) is 5.32 Å². The second kappa shape index (κ2) is 9.52. The number of anilines is 1. The fraction of sp³-hybridized carbons (Fsp3) is 0.316. The Hall–Kier alpha value is -2.15. The van der Waals surface area contributed by atoms with E-state index in [1.54, 1.807) is 24.3 Å². The summed E-state index contributed by atoms with van der Waals surface area (Å²) in [6.45, 7) is 2.81. The second-order valence-electron chi connectivity index (χ2n) is 6.14. The maximum atomic E-state index is 13.8. The minimum atomic E-state index is -1.07. The van der Waals surface area contributed by atoms with Gasteiger partial charge in [0, 0.05) is 29.8 Å². The molecule has 0 heterocycles. The third-order valence-corrected chi connectivity index (χ3v) is 4.14. The molecule has 26 heavy (non-hydrogen) atoms. The second-order valence-corrected chi connectivity index (χ2v) is 6.57. The van der Waals surface area contributed by atoms with Crippen LogP contribution in [0.4, 0.5) is 10.1 Å². The predicted octanol–water partition coefficient (Wildman–Crippen LogP) is 3.23. The van der Waals surface area contributed by atoms with E-state index < -0.39 is 17.9 Å². The number of carbonyl (C=O) groups is 1. The molecule has 4 N–H and O–H groups in total. The summed E-state index contributed by atoms with van der Waals surface area (Å²) >= 11 is 5.92. The van der Waals surface area contributed by atoms with Gasteiger partial charge in [0.2, 0.25) is 0 Å². The van der Waals surface area contributed by atoms with Crippen LogP contribution in [0.3, 0.4) is 0 Å². The van der Waals surface area contributed by atoms with Crippen LogP contribution in [-0.2, 0) is 11.2 Å². The van der Waals surface area contributed by atoms with Crippen molar-refractivity contribution in [2.45, 2.75) is 25.5 Å². The maximum Gasteiger partial charge on any atom is 0.307 e. The molecular formula is C19H22ClFN2O3. The number of aliphatic hydroxyl groups excluding tert-OH is 1. The quantitative estimate of drug-likeness (QED) is 0.537. The number of hydrogen-bond acceptors (Lipinski definition) is 4. The minimum absolute atomic E-state index is 0.0191. The van der Waals surface area contributed by atoms with E-state index in [1.807, 2.05) is 13.0 Å². The number of nitrogens with one attached hydrogen (secondary N) is 2. The van der Waals surface area contributed by atoms with Crippen molar-refractivity contribution >= 4 is 23.3 Å². The SMILES string of the molecule is C[C@H](CNc1ccc(CC(=O)O)c(F)c1)NC[C@H](O)c1cccc(Cl)c1. The van der Waals surface area contributed by atoms with E-state index in [0.29, 0.717) is 23.8 Å². The molecule has 0 aliphatic carbocycles. The van der Waals surface area contributed by atoms with Crippen LogP contribution in [0.1, 0.15) is 24.2 Å². The number of aliphatic hydroxyl groups is 1. The molecule has 0 aliphatic heterocycles. The van der Waals surface area contributed by atoms with E-state index >= 15 is 0 Å². The summed E-state index contributed by atoms with van der Waals surface area (Å²) in [4.78, 5) is 10.7. The summed E-state index contributed by atoms with van der Waals surface area (Å²) in [6, 6.07) is 11.5. The molecule has 0 unspecified atom stereocenters. The minimum Gasteiger partial charge on any atom is -0.481 e. The third kappa shape index (κ3) is 6.29. The lowest BCUT2D eigenvalue weighted by Crippen LogP contribution is -2.35. The first-order chi connectivity index (χ1) is 12.3.